The maximum Gasteiger partial charge on any atom is 0.317 e. The van der Waals surface area contributed by atoms with E-state index in [1.165, 1.54) is 0 Å². The third-order valence-corrected chi connectivity index (χ3v) is 7.00. The molecular weight excluding hydrogens is 452 g/mol. The summed E-state index contributed by atoms with van der Waals surface area (Å²) in [5.41, 5.74) is 9.75. The molecule has 2 aliphatic rings. The number of rotatable bonds is 3. The van der Waals surface area contributed by atoms with E-state index in [1.807, 2.05) is 17.7 Å². The highest BCUT2D eigenvalue weighted by molar-refractivity contribution is 6.31. The second-order valence-corrected chi connectivity index (χ2v) is 9.22. The van der Waals surface area contributed by atoms with E-state index in [0.717, 1.165) is 35.5 Å². The van der Waals surface area contributed by atoms with Gasteiger partial charge in [0.2, 0.25) is 0 Å². The number of nitriles is 2. The topological polar surface area (TPSA) is 137 Å². The number of hydrogen-bond donors (Lipinski definition) is 2. The number of fused-ring (bicyclic) bond motifs is 2. The summed E-state index contributed by atoms with van der Waals surface area (Å²) in [6, 6.07) is 12.4. The van der Waals surface area contributed by atoms with Gasteiger partial charge >= 0.3 is 6.03 Å². The van der Waals surface area contributed by atoms with Gasteiger partial charge in [0.05, 0.1) is 28.9 Å². The molecule has 0 aliphatic carbocycles. The average Bonchev–Trinajstić information content (AvgIpc) is 3.37. The summed E-state index contributed by atoms with van der Waals surface area (Å²) in [6.07, 6.45) is 2.54. The number of aryl methyl sites for hydroxylation is 1. The van der Waals surface area contributed by atoms with E-state index in [0.29, 0.717) is 29.2 Å². The number of pyridine rings is 1. The van der Waals surface area contributed by atoms with Gasteiger partial charge in [-0.15, -0.1) is 0 Å². The van der Waals surface area contributed by atoms with Crippen LogP contribution >= 0.6 is 11.6 Å². The minimum atomic E-state index is -0.294. The van der Waals surface area contributed by atoms with Gasteiger partial charge in [0.15, 0.2) is 0 Å². The molecule has 34 heavy (non-hydrogen) atoms. The molecule has 1 saturated heterocycles. The van der Waals surface area contributed by atoms with E-state index in [2.05, 4.69) is 22.4 Å². The van der Waals surface area contributed by atoms with Crippen LogP contribution in [0.2, 0.25) is 5.02 Å². The van der Waals surface area contributed by atoms with E-state index in [4.69, 9.17) is 27.7 Å². The number of likely N-dealkylation sites (tertiary alicyclic amines) is 1. The van der Waals surface area contributed by atoms with Gasteiger partial charge in [0, 0.05) is 47.5 Å². The lowest BCUT2D eigenvalue weighted by atomic mass is 9.76. The number of anilines is 1. The lowest BCUT2D eigenvalue weighted by molar-refractivity contribution is 0.0906. The zero-order chi connectivity index (χ0) is 24.0. The Labute approximate surface area is 201 Å². The molecule has 3 N–H and O–H groups in total. The molecule has 0 saturated carbocycles. The highest BCUT2D eigenvalue weighted by atomic mass is 35.5. The fourth-order valence-corrected chi connectivity index (χ4v) is 5.10. The minimum absolute atomic E-state index is 0.128. The molecule has 0 bridgehead atoms. The number of carbonyl (C=O) groups excluding carboxylic acids is 1. The van der Waals surface area contributed by atoms with Crippen LogP contribution in [-0.2, 0) is 12.0 Å². The first-order valence-electron chi connectivity index (χ1n) is 10.8. The molecule has 1 atom stereocenters. The number of nitrogens with zero attached hydrogens (tertiary/aromatic N) is 6. The van der Waals surface area contributed by atoms with Crippen molar-refractivity contribution in [2.24, 2.45) is 0 Å². The van der Waals surface area contributed by atoms with Gasteiger partial charge in [-0.25, -0.2) is 9.78 Å². The Bertz CT molecular complexity index is 1390. The molecule has 1 unspecified atom stereocenters. The fraction of sp³-hybridized carbons (Fsp3) is 0.292. The van der Waals surface area contributed by atoms with Crippen molar-refractivity contribution in [1.82, 2.24) is 25.0 Å². The van der Waals surface area contributed by atoms with Crippen molar-refractivity contribution in [2.75, 3.05) is 18.8 Å². The first kappa shape index (κ1) is 21.7. The average molecular weight is 473 g/mol. The van der Waals surface area contributed by atoms with Crippen molar-refractivity contribution < 1.29 is 4.79 Å². The molecule has 9 nitrogen and oxygen atoms in total. The Morgan fingerprint density at radius 3 is 2.76 bits per heavy atom. The molecule has 2 aromatic heterocycles. The van der Waals surface area contributed by atoms with E-state index < -0.39 is 0 Å². The largest absolute Gasteiger partial charge is 0.383 e. The molecule has 0 radical (unpaired) electrons. The van der Waals surface area contributed by atoms with Crippen molar-refractivity contribution >= 4 is 23.4 Å². The van der Waals surface area contributed by atoms with Gasteiger partial charge in [0.1, 0.15) is 11.9 Å². The summed E-state index contributed by atoms with van der Waals surface area (Å²) in [4.78, 5) is 18.8. The quantitative estimate of drug-likeness (QED) is 0.599. The van der Waals surface area contributed by atoms with Gasteiger partial charge in [-0.1, -0.05) is 17.7 Å². The number of halogens is 1. The Hall–Kier alpha value is -4.08. The molecule has 10 heteroatoms. The van der Waals surface area contributed by atoms with E-state index in [9.17, 15) is 10.1 Å². The second kappa shape index (κ2) is 8.05. The monoisotopic (exact) mass is 472 g/mol. The van der Waals surface area contributed by atoms with Gasteiger partial charge in [-0.2, -0.15) is 15.6 Å². The summed E-state index contributed by atoms with van der Waals surface area (Å²) < 4.78 is 1.98. The zero-order valence-electron chi connectivity index (χ0n) is 18.4. The van der Waals surface area contributed by atoms with E-state index in [-0.39, 0.29) is 23.3 Å². The number of amides is 2. The van der Waals surface area contributed by atoms with Crippen molar-refractivity contribution in [3.63, 3.8) is 0 Å². The van der Waals surface area contributed by atoms with Crippen molar-refractivity contribution in [3.05, 3.63) is 63.9 Å². The normalized spacial score (nSPS) is 16.3. The molecular formula is C24H21ClN8O. The molecule has 1 spiro atoms. The number of carbonyl (C=O) groups is 1. The Morgan fingerprint density at radius 2 is 2.06 bits per heavy atom. The Balaban J connectivity index is 1.28. The lowest BCUT2D eigenvalue weighted by Crippen LogP contribution is -2.62. The summed E-state index contributed by atoms with van der Waals surface area (Å²) in [7, 11) is 0. The highest BCUT2D eigenvalue weighted by Gasteiger charge is 2.51. The summed E-state index contributed by atoms with van der Waals surface area (Å²) in [6.45, 7) is 3.84. The predicted molar refractivity (Wildman–Crippen MR) is 126 cm³/mol. The maximum atomic E-state index is 12.9. The number of nitrogens with one attached hydrogen (secondary N) is 1. The van der Waals surface area contributed by atoms with Crippen molar-refractivity contribution in [3.8, 4) is 23.4 Å². The second-order valence-electron chi connectivity index (χ2n) is 8.81. The number of nitrogens with two attached hydrogens (primary N) is 1. The molecule has 3 aromatic rings. The van der Waals surface area contributed by atoms with Crippen molar-refractivity contribution in [2.45, 2.75) is 31.3 Å². The minimum Gasteiger partial charge on any atom is -0.383 e. The number of nitrogen functional groups attached to an aromatic ring is 1. The molecule has 2 aliphatic heterocycles. The van der Waals surface area contributed by atoms with Crippen LogP contribution in [0, 0.1) is 22.7 Å². The first-order valence-corrected chi connectivity index (χ1v) is 11.2. The SMILES string of the molecule is CC(NC(=O)N1CC2(CCn3nc(-c4cnc(N)c(C#N)c4)cc32)C1)c1ccc(C#N)cc1Cl. The maximum absolute atomic E-state index is 12.9. The number of hydrogen-bond acceptors (Lipinski definition) is 6. The third kappa shape index (κ3) is 3.51. The van der Waals surface area contributed by atoms with Gasteiger partial charge in [-0.05, 0) is 43.2 Å². The Morgan fingerprint density at radius 1 is 1.26 bits per heavy atom. The first-order chi connectivity index (χ1) is 16.3. The third-order valence-electron chi connectivity index (χ3n) is 6.67. The molecule has 1 fully saturated rings. The number of benzene rings is 1. The van der Waals surface area contributed by atoms with Crippen LogP contribution in [0.25, 0.3) is 11.3 Å². The molecule has 1 aromatic carbocycles. The van der Waals surface area contributed by atoms with Crippen LogP contribution in [0.3, 0.4) is 0 Å². The van der Waals surface area contributed by atoms with Crippen LogP contribution in [0.4, 0.5) is 10.6 Å². The van der Waals surface area contributed by atoms with Crippen LogP contribution in [0.1, 0.15) is 41.8 Å². The standard InChI is InChI=1S/C24H21ClN8O/c1-14(18-3-2-15(9-26)6-19(18)25)30-23(34)32-12-24(13-32)4-5-33-21(24)8-20(31-33)17-7-16(10-27)22(28)29-11-17/h2-3,6-8,11,14H,4-5,12-13H2,1H3,(H2,28,29)(H,30,34). The molecule has 170 valence electrons. The lowest BCUT2D eigenvalue weighted by Gasteiger charge is -2.47. The number of aromatic nitrogens is 3. The summed E-state index contributed by atoms with van der Waals surface area (Å²) in [5, 5.41) is 26.4. The zero-order valence-corrected chi connectivity index (χ0v) is 19.2. The van der Waals surface area contributed by atoms with Crippen molar-refractivity contribution in [1.29, 1.82) is 10.5 Å². The van der Waals surface area contributed by atoms with Crippen LogP contribution < -0.4 is 11.1 Å². The fourth-order valence-electron chi connectivity index (χ4n) is 4.76. The van der Waals surface area contributed by atoms with Gasteiger partial charge in [0.25, 0.3) is 0 Å². The van der Waals surface area contributed by atoms with Crippen LogP contribution in [0.15, 0.2) is 36.5 Å². The Kier molecular flexibility index (Phi) is 5.15. The highest BCUT2D eigenvalue weighted by Crippen LogP contribution is 2.44. The van der Waals surface area contributed by atoms with Crippen LogP contribution in [-0.4, -0.2) is 38.8 Å². The number of urea groups is 1. The molecule has 2 amide bonds. The van der Waals surface area contributed by atoms with Crippen LogP contribution in [0.5, 0.6) is 0 Å². The molecule has 5 rings (SSSR count). The summed E-state index contributed by atoms with van der Waals surface area (Å²) in [5.74, 6) is 0.201. The smallest absolute Gasteiger partial charge is 0.317 e. The van der Waals surface area contributed by atoms with Gasteiger partial charge < -0.3 is 16.0 Å². The van der Waals surface area contributed by atoms with Gasteiger partial charge in [-0.3, -0.25) is 4.68 Å². The van der Waals surface area contributed by atoms with E-state index in [1.54, 1.807) is 35.4 Å². The van der Waals surface area contributed by atoms with E-state index >= 15 is 0 Å². The predicted octanol–water partition coefficient (Wildman–Crippen LogP) is 3.35. The molecule has 4 heterocycles. The summed E-state index contributed by atoms with van der Waals surface area (Å²) >= 11 is 6.29.